The molecule has 2 atom stereocenters. The quantitative estimate of drug-likeness (QED) is 0.128. The number of aliphatic hydroxyl groups is 1. The number of nitrogens with one attached hydrogen (secondary N) is 3. The minimum absolute atomic E-state index is 0.0672. The van der Waals surface area contributed by atoms with E-state index >= 15 is 0 Å². The van der Waals surface area contributed by atoms with Crippen LogP contribution in [0.25, 0.3) is 22.0 Å². The van der Waals surface area contributed by atoms with Crippen molar-refractivity contribution in [2.45, 2.75) is 44.5 Å². The van der Waals surface area contributed by atoms with Gasteiger partial charge < -0.3 is 20.5 Å². The van der Waals surface area contributed by atoms with E-state index in [9.17, 15) is 14.7 Å². The van der Waals surface area contributed by atoms with E-state index in [0.717, 1.165) is 49.0 Å². The number of hydrogen-bond donors (Lipinski definition) is 4. The Balaban J connectivity index is 1.09. The van der Waals surface area contributed by atoms with Gasteiger partial charge in [-0.15, -0.1) is 0 Å². The summed E-state index contributed by atoms with van der Waals surface area (Å²) in [5, 5.41) is 25.6. The number of methoxy groups -OCH3 is 1. The number of halogens is 2. The van der Waals surface area contributed by atoms with Crippen molar-refractivity contribution >= 4 is 63.2 Å². The zero-order valence-corrected chi connectivity index (χ0v) is 28.8. The van der Waals surface area contributed by atoms with Crippen molar-refractivity contribution in [1.82, 2.24) is 30.0 Å². The van der Waals surface area contributed by atoms with Gasteiger partial charge in [0.1, 0.15) is 5.52 Å². The summed E-state index contributed by atoms with van der Waals surface area (Å²) >= 11 is 13.9. The number of β-amino-alcohol motifs (C(OH)–C–C–N with tert-alkyl or cyclic N) is 1. The number of anilines is 3. The minimum Gasteiger partial charge on any atom is -0.468 e. The van der Waals surface area contributed by atoms with Gasteiger partial charge in [0.05, 0.1) is 46.9 Å². The van der Waals surface area contributed by atoms with Crippen molar-refractivity contribution < 1.29 is 19.4 Å². The Bertz CT molecular complexity index is 2070. The van der Waals surface area contributed by atoms with Gasteiger partial charge in [-0.25, -0.2) is 4.98 Å². The first-order valence-corrected chi connectivity index (χ1v) is 17.2. The number of carbonyl (C=O) groups is 2. The van der Waals surface area contributed by atoms with Crippen LogP contribution in [-0.2, 0) is 22.6 Å². The van der Waals surface area contributed by atoms with Crippen LogP contribution in [0.1, 0.15) is 47.1 Å². The number of likely N-dealkylation sites (tertiary alicyclic amines) is 1. The van der Waals surface area contributed by atoms with Gasteiger partial charge >= 0.3 is 5.97 Å². The van der Waals surface area contributed by atoms with Crippen molar-refractivity contribution in [3.05, 3.63) is 94.0 Å². The van der Waals surface area contributed by atoms with Crippen molar-refractivity contribution in [3.8, 4) is 11.1 Å². The smallest absolute Gasteiger partial charge is 0.319 e. The molecule has 5 heterocycles. The molecule has 3 aromatic heterocycles. The van der Waals surface area contributed by atoms with Gasteiger partial charge in [0.25, 0.3) is 5.91 Å². The molecule has 2 aliphatic rings. The number of ether oxygens (including phenoxy) is 1. The first-order chi connectivity index (χ1) is 24.3. The molecule has 1 amide bonds. The fraction of sp³-hybridized carbons (Fsp3) is 0.306. The molecule has 0 radical (unpaired) electrons. The number of benzene rings is 2. The third-order valence-corrected chi connectivity index (χ3v) is 9.90. The van der Waals surface area contributed by atoms with Crippen LogP contribution in [0.4, 0.5) is 17.2 Å². The van der Waals surface area contributed by atoms with Crippen LogP contribution in [0.5, 0.6) is 0 Å². The molecule has 0 aliphatic carbocycles. The maximum absolute atomic E-state index is 13.4. The van der Waals surface area contributed by atoms with Gasteiger partial charge in [-0.05, 0) is 55.2 Å². The Morgan fingerprint density at radius 1 is 1.00 bits per heavy atom. The summed E-state index contributed by atoms with van der Waals surface area (Å²) in [5.41, 5.74) is 5.17. The zero-order valence-electron chi connectivity index (χ0n) is 27.3. The molecular formula is C36H36Cl2N8O4. The summed E-state index contributed by atoms with van der Waals surface area (Å²) in [5.74, 6) is -0.208. The molecule has 0 unspecified atom stereocenters. The number of pyridine rings is 2. The third-order valence-electron chi connectivity index (χ3n) is 9.08. The van der Waals surface area contributed by atoms with E-state index in [1.54, 1.807) is 29.1 Å². The predicted octanol–water partition coefficient (Wildman–Crippen LogP) is 5.96. The highest BCUT2D eigenvalue weighted by molar-refractivity contribution is 6.39. The average Bonchev–Trinajstić information content (AvgIpc) is 3.75. The van der Waals surface area contributed by atoms with Gasteiger partial charge in [0.15, 0.2) is 11.5 Å². The maximum Gasteiger partial charge on any atom is 0.319 e. The summed E-state index contributed by atoms with van der Waals surface area (Å²) < 4.78 is 6.54. The van der Waals surface area contributed by atoms with Crippen LogP contribution in [-0.4, -0.2) is 74.5 Å². The van der Waals surface area contributed by atoms with Crippen molar-refractivity contribution in [1.29, 1.82) is 0 Å². The molecule has 4 N–H and O–H groups in total. The minimum atomic E-state index is -0.408. The highest BCUT2D eigenvalue weighted by Gasteiger charge is 2.26. The summed E-state index contributed by atoms with van der Waals surface area (Å²) in [6, 6.07) is 16.6. The van der Waals surface area contributed by atoms with Gasteiger partial charge in [-0.2, -0.15) is 5.10 Å². The van der Waals surface area contributed by atoms with E-state index in [1.807, 2.05) is 36.5 Å². The molecule has 0 spiro atoms. The Labute approximate surface area is 298 Å². The van der Waals surface area contributed by atoms with Crippen LogP contribution in [0.3, 0.4) is 0 Å². The first kappa shape index (κ1) is 33.9. The molecule has 258 valence electrons. The van der Waals surface area contributed by atoms with Crippen LogP contribution in [0.2, 0.25) is 10.0 Å². The second-order valence-corrected chi connectivity index (χ2v) is 13.3. The third kappa shape index (κ3) is 7.16. The number of aryl methyl sites for hydroxylation is 1. The van der Waals surface area contributed by atoms with Gasteiger partial charge in [0, 0.05) is 61.1 Å². The first-order valence-electron chi connectivity index (χ1n) is 16.4. The standard InChI is InChI=1S/C36H36Cl2N8O4/c1-50-31(48)18-40-26-9-4-13-46-30(26)16-29(44-46)36(49)43-28-8-3-6-25(33(28)38)24-5-2-7-27(32(24)37)42-35-34-22(10-12-39-35)15-21(17-41-34)19-45-14-11-23(47)20-45/h2-3,5-8,10,12,15-17,23,26,40,47H,4,9,11,13-14,18-20H2,1H3,(H,39,42)(H,43,49)/t23-,26-/m1/s1. The number of carbonyl (C=O) groups excluding carboxylic acids is 2. The summed E-state index contributed by atoms with van der Waals surface area (Å²) in [6.45, 7) is 2.99. The monoisotopic (exact) mass is 714 g/mol. The van der Waals surface area contributed by atoms with Crippen LogP contribution >= 0.6 is 23.2 Å². The Hall–Kier alpha value is -4.59. The Kier molecular flexibility index (Phi) is 9.97. The molecule has 14 heteroatoms. The van der Waals surface area contributed by atoms with Crippen LogP contribution in [0.15, 0.2) is 67.0 Å². The molecule has 12 nitrogen and oxygen atoms in total. The fourth-order valence-corrected chi connectivity index (χ4v) is 7.11. The highest BCUT2D eigenvalue weighted by atomic mass is 35.5. The van der Waals surface area contributed by atoms with Crippen LogP contribution < -0.4 is 16.0 Å². The van der Waals surface area contributed by atoms with E-state index < -0.39 is 5.91 Å². The predicted molar refractivity (Wildman–Crippen MR) is 193 cm³/mol. The number of aliphatic hydroxyl groups excluding tert-OH is 1. The lowest BCUT2D eigenvalue weighted by Crippen LogP contribution is -2.32. The summed E-state index contributed by atoms with van der Waals surface area (Å²) in [4.78, 5) is 36.6. The number of aromatic nitrogens is 4. The lowest BCUT2D eigenvalue weighted by molar-refractivity contribution is -0.139. The van der Waals surface area contributed by atoms with E-state index in [4.69, 9.17) is 32.9 Å². The summed E-state index contributed by atoms with van der Waals surface area (Å²) in [7, 11) is 1.35. The zero-order chi connectivity index (χ0) is 34.8. The molecule has 0 saturated carbocycles. The summed E-state index contributed by atoms with van der Waals surface area (Å²) in [6.07, 6.45) is 5.76. The number of rotatable bonds is 10. The van der Waals surface area contributed by atoms with Crippen molar-refractivity contribution in [2.24, 2.45) is 0 Å². The second-order valence-electron chi connectivity index (χ2n) is 12.5. The van der Waals surface area contributed by atoms with E-state index in [-0.39, 0.29) is 30.4 Å². The molecule has 7 rings (SSSR count). The van der Waals surface area contributed by atoms with Crippen molar-refractivity contribution in [2.75, 3.05) is 37.4 Å². The number of fused-ring (bicyclic) bond motifs is 2. The number of hydrogen-bond acceptors (Lipinski definition) is 10. The van der Waals surface area contributed by atoms with Gasteiger partial charge in [-0.3, -0.25) is 29.5 Å². The largest absolute Gasteiger partial charge is 0.468 e. The van der Waals surface area contributed by atoms with Gasteiger partial charge in [-0.1, -0.05) is 47.5 Å². The number of esters is 1. The lowest BCUT2D eigenvalue weighted by Gasteiger charge is -2.24. The highest BCUT2D eigenvalue weighted by Crippen LogP contribution is 2.41. The normalized spacial score (nSPS) is 17.4. The maximum atomic E-state index is 13.4. The second kappa shape index (κ2) is 14.7. The molecule has 2 aliphatic heterocycles. The average molecular weight is 716 g/mol. The van der Waals surface area contributed by atoms with Crippen molar-refractivity contribution in [3.63, 3.8) is 0 Å². The van der Waals surface area contributed by atoms with E-state index in [2.05, 4.69) is 37.0 Å². The lowest BCUT2D eigenvalue weighted by atomic mass is 10.0. The fourth-order valence-electron chi connectivity index (χ4n) is 6.56. The number of amides is 1. The SMILES string of the molecule is COC(=O)CN[C@@H]1CCCn2nc(C(=O)Nc3cccc(-c4cccc(Nc5nccc6cc(CN7CC[C@@H](O)C7)cnc56)c4Cl)c3Cl)cc21. The van der Waals surface area contributed by atoms with E-state index in [1.165, 1.54) is 7.11 Å². The van der Waals surface area contributed by atoms with Crippen LogP contribution in [0, 0.1) is 0 Å². The Morgan fingerprint density at radius 2 is 1.78 bits per heavy atom. The van der Waals surface area contributed by atoms with Gasteiger partial charge in [0.2, 0.25) is 0 Å². The molecule has 0 bridgehead atoms. The number of nitrogens with zero attached hydrogens (tertiary/aromatic N) is 5. The Morgan fingerprint density at radius 3 is 2.54 bits per heavy atom. The molecule has 5 aromatic rings. The molecule has 2 aromatic carbocycles. The molecule has 50 heavy (non-hydrogen) atoms. The topological polar surface area (TPSA) is 147 Å². The molecule has 1 saturated heterocycles. The molecule has 1 fully saturated rings. The molecular weight excluding hydrogens is 679 g/mol. The van der Waals surface area contributed by atoms with E-state index in [0.29, 0.717) is 57.0 Å².